The number of likely N-dealkylation sites (tertiary alicyclic amines) is 1. The number of amides is 1. The Balaban J connectivity index is 1.95. The summed E-state index contributed by atoms with van der Waals surface area (Å²) >= 11 is 1.50. The zero-order valence-corrected chi connectivity index (χ0v) is 14.6. The summed E-state index contributed by atoms with van der Waals surface area (Å²) in [6, 6.07) is 6.15. The van der Waals surface area contributed by atoms with Gasteiger partial charge in [-0.25, -0.2) is 0 Å². The number of carbonyl (C=O) groups excluding carboxylic acids is 1. The van der Waals surface area contributed by atoms with Crippen LogP contribution in [0.2, 0.25) is 0 Å². The highest BCUT2D eigenvalue weighted by molar-refractivity contribution is 8.00. The Labute approximate surface area is 141 Å². The standard InChI is InChI=1S/C17H23NO4S/c1-12-4-5-14(13(2)8-12)23-9-15(19)18-7-6-17(10-18,11-22-3)16(20)21/h4-5,8H,6-7,9-11H2,1-3H3,(H,20,21). The number of aryl methyl sites for hydroxylation is 2. The van der Waals surface area contributed by atoms with E-state index in [-0.39, 0.29) is 19.1 Å². The highest BCUT2D eigenvalue weighted by Gasteiger charge is 2.46. The maximum Gasteiger partial charge on any atom is 0.313 e. The lowest BCUT2D eigenvalue weighted by molar-refractivity contribution is -0.151. The van der Waals surface area contributed by atoms with Gasteiger partial charge < -0.3 is 14.7 Å². The van der Waals surface area contributed by atoms with Crippen molar-refractivity contribution >= 4 is 23.6 Å². The van der Waals surface area contributed by atoms with E-state index in [0.29, 0.717) is 18.7 Å². The summed E-state index contributed by atoms with van der Waals surface area (Å²) < 4.78 is 5.05. The fraction of sp³-hybridized carbons (Fsp3) is 0.529. The van der Waals surface area contributed by atoms with Gasteiger partial charge in [0.1, 0.15) is 5.41 Å². The lowest BCUT2D eigenvalue weighted by Gasteiger charge is -2.23. The molecule has 0 bridgehead atoms. The van der Waals surface area contributed by atoms with E-state index in [4.69, 9.17) is 4.74 Å². The average Bonchev–Trinajstić information content (AvgIpc) is 2.92. The SMILES string of the molecule is COCC1(C(=O)O)CCN(C(=O)CSc2ccc(C)cc2C)C1. The molecule has 23 heavy (non-hydrogen) atoms. The second kappa shape index (κ2) is 7.36. The summed E-state index contributed by atoms with van der Waals surface area (Å²) in [5, 5.41) is 9.44. The van der Waals surface area contributed by atoms with Gasteiger partial charge in [0.05, 0.1) is 12.4 Å². The second-order valence-electron chi connectivity index (χ2n) is 6.14. The van der Waals surface area contributed by atoms with Gasteiger partial charge in [0, 0.05) is 25.1 Å². The van der Waals surface area contributed by atoms with Crippen LogP contribution >= 0.6 is 11.8 Å². The van der Waals surface area contributed by atoms with E-state index in [2.05, 4.69) is 6.07 Å². The van der Waals surface area contributed by atoms with E-state index >= 15 is 0 Å². The molecule has 0 saturated carbocycles. The number of hydrogen-bond acceptors (Lipinski definition) is 4. The van der Waals surface area contributed by atoms with Crippen LogP contribution < -0.4 is 0 Å². The summed E-state index contributed by atoms with van der Waals surface area (Å²) in [5.74, 6) is -0.585. The van der Waals surface area contributed by atoms with E-state index in [1.807, 2.05) is 26.0 Å². The molecule has 1 atom stereocenters. The molecule has 1 amide bonds. The van der Waals surface area contributed by atoms with Gasteiger partial charge in [-0.05, 0) is 31.9 Å². The van der Waals surface area contributed by atoms with Crippen LogP contribution in [-0.4, -0.2) is 54.4 Å². The Morgan fingerprint density at radius 1 is 1.39 bits per heavy atom. The number of aliphatic carboxylic acids is 1. The number of rotatable bonds is 6. The number of carbonyl (C=O) groups is 2. The molecule has 1 fully saturated rings. The van der Waals surface area contributed by atoms with Crippen LogP contribution in [0.1, 0.15) is 17.5 Å². The monoisotopic (exact) mass is 337 g/mol. The minimum absolute atomic E-state index is 0.0193. The summed E-state index contributed by atoms with van der Waals surface area (Å²) in [6.07, 6.45) is 0.441. The third kappa shape index (κ3) is 4.06. The largest absolute Gasteiger partial charge is 0.481 e. The number of methoxy groups -OCH3 is 1. The van der Waals surface area contributed by atoms with Crippen molar-refractivity contribution < 1.29 is 19.4 Å². The lowest BCUT2D eigenvalue weighted by atomic mass is 9.88. The molecule has 0 radical (unpaired) electrons. The minimum Gasteiger partial charge on any atom is -0.481 e. The normalized spacial score (nSPS) is 20.7. The van der Waals surface area contributed by atoms with Crippen molar-refractivity contribution in [2.24, 2.45) is 5.41 Å². The first kappa shape index (κ1) is 17.8. The van der Waals surface area contributed by atoms with Gasteiger partial charge in [0.25, 0.3) is 0 Å². The van der Waals surface area contributed by atoms with E-state index in [0.717, 1.165) is 10.5 Å². The Morgan fingerprint density at radius 2 is 2.13 bits per heavy atom. The third-order valence-electron chi connectivity index (χ3n) is 4.26. The first-order valence-corrected chi connectivity index (χ1v) is 8.57. The Bertz CT molecular complexity index is 604. The second-order valence-corrected chi connectivity index (χ2v) is 7.16. The molecule has 1 aliphatic rings. The number of benzene rings is 1. The fourth-order valence-electron chi connectivity index (χ4n) is 2.91. The molecular weight excluding hydrogens is 314 g/mol. The molecule has 1 N–H and O–H groups in total. The molecule has 1 aromatic carbocycles. The van der Waals surface area contributed by atoms with Crippen LogP contribution in [0.15, 0.2) is 23.1 Å². The van der Waals surface area contributed by atoms with Gasteiger partial charge in [-0.3, -0.25) is 9.59 Å². The van der Waals surface area contributed by atoms with E-state index in [9.17, 15) is 14.7 Å². The number of nitrogens with zero attached hydrogens (tertiary/aromatic N) is 1. The molecule has 5 nitrogen and oxygen atoms in total. The number of hydrogen-bond donors (Lipinski definition) is 1. The Hall–Kier alpha value is -1.53. The van der Waals surface area contributed by atoms with Gasteiger partial charge in [0.15, 0.2) is 0 Å². The van der Waals surface area contributed by atoms with Crippen LogP contribution in [-0.2, 0) is 14.3 Å². The highest BCUT2D eigenvalue weighted by Crippen LogP contribution is 2.32. The zero-order valence-electron chi connectivity index (χ0n) is 13.8. The van der Waals surface area contributed by atoms with Crippen molar-refractivity contribution in [3.05, 3.63) is 29.3 Å². The smallest absolute Gasteiger partial charge is 0.313 e. The van der Waals surface area contributed by atoms with Crippen LogP contribution in [0.3, 0.4) is 0 Å². The Morgan fingerprint density at radius 3 is 2.74 bits per heavy atom. The third-order valence-corrected chi connectivity index (χ3v) is 5.42. The number of carboxylic acids is 1. The average molecular weight is 337 g/mol. The van der Waals surface area contributed by atoms with Crippen LogP contribution in [0.4, 0.5) is 0 Å². The van der Waals surface area contributed by atoms with Crippen molar-refractivity contribution in [1.29, 1.82) is 0 Å². The molecule has 1 unspecified atom stereocenters. The first-order chi connectivity index (χ1) is 10.9. The zero-order chi connectivity index (χ0) is 17.0. The summed E-state index contributed by atoms with van der Waals surface area (Å²) in [4.78, 5) is 26.6. The molecule has 2 rings (SSSR count). The topological polar surface area (TPSA) is 66.8 Å². The van der Waals surface area contributed by atoms with E-state index < -0.39 is 11.4 Å². The van der Waals surface area contributed by atoms with Gasteiger partial charge in [-0.1, -0.05) is 17.7 Å². The van der Waals surface area contributed by atoms with Gasteiger partial charge in [-0.2, -0.15) is 0 Å². The maximum absolute atomic E-state index is 12.4. The molecule has 1 saturated heterocycles. The lowest BCUT2D eigenvalue weighted by Crippen LogP contribution is -2.40. The molecule has 0 aromatic heterocycles. The summed E-state index contributed by atoms with van der Waals surface area (Å²) in [7, 11) is 1.49. The van der Waals surface area contributed by atoms with Crippen LogP contribution in [0.25, 0.3) is 0 Å². The number of thioether (sulfide) groups is 1. The van der Waals surface area contributed by atoms with Crippen molar-refractivity contribution in [3.8, 4) is 0 Å². The molecule has 1 heterocycles. The number of carboxylic acid groups (broad SMARTS) is 1. The Kier molecular flexibility index (Phi) is 5.70. The minimum atomic E-state index is -0.963. The van der Waals surface area contributed by atoms with E-state index in [1.54, 1.807) is 4.90 Å². The highest BCUT2D eigenvalue weighted by atomic mass is 32.2. The molecule has 1 aromatic rings. The summed E-state index contributed by atoms with van der Waals surface area (Å²) in [6.45, 7) is 4.91. The van der Waals surface area contributed by atoms with Gasteiger partial charge >= 0.3 is 5.97 Å². The fourth-order valence-corrected chi connectivity index (χ4v) is 3.82. The van der Waals surface area contributed by atoms with Gasteiger partial charge in [-0.15, -0.1) is 11.8 Å². The van der Waals surface area contributed by atoms with Crippen LogP contribution in [0.5, 0.6) is 0 Å². The van der Waals surface area contributed by atoms with Crippen molar-refractivity contribution in [1.82, 2.24) is 4.90 Å². The molecule has 1 aliphatic heterocycles. The molecule has 0 spiro atoms. The van der Waals surface area contributed by atoms with Crippen molar-refractivity contribution in [2.45, 2.75) is 25.2 Å². The molecule has 126 valence electrons. The van der Waals surface area contributed by atoms with Gasteiger partial charge in [0.2, 0.25) is 5.91 Å². The first-order valence-electron chi connectivity index (χ1n) is 7.58. The van der Waals surface area contributed by atoms with E-state index in [1.165, 1.54) is 24.4 Å². The number of ether oxygens (including phenoxy) is 1. The van der Waals surface area contributed by atoms with Crippen LogP contribution in [0, 0.1) is 19.3 Å². The quantitative estimate of drug-likeness (QED) is 0.807. The van der Waals surface area contributed by atoms with Crippen molar-refractivity contribution in [3.63, 3.8) is 0 Å². The molecular formula is C17H23NO4S. The van der Waals surface area contributed by atoms with Crippen molar-refractivity contribution in [2.75, 3.05) is 32.6 Å². The maximum atomic E-state index is 12.4. The summed E-state index contributed by atoms with van der Waals surface area (Å²) in [5.41, 5.74) is 1.39. The predicted molar refractivity (Wildman–Crippen MR) is 89.8 cm³/mol. The predicted octanol–water partition coefficient (Wildman–Crippen LogP) is 2.35. The molecule has 0 aliphatic carbocycles. The molecule has 6 heteroatoms.